The Morgan fingerprint density at radius 3 is 2.85 bits per heavy atom. The maximum atomic E-state index is 11.5. The molecule has 1 aromatic rings. The van der Waals surface area contributed by atoms with Gasteiger partial charge < -0.3 is 10.1 Å². The van der Waals surface area contributed by atoms with Crippen LogP contribution < -0.4 is 10.1 Å². The fourth-order valence-electron chi connectivity index (χ4n) is 2.41. The standard InChI is InChI=1S/C14H20BrNO3S/c1-3-16-10(2)13-8-11(15)4-5-14(13)19-12-6-7-20(17,18)9-12/h4-5,8,10,12,16H,3,6-7,9H2,1-2H3. The Kier molecular flexibility index (Phi) is 5.09. The molecule has 2 atom stereocenters. The number of rotatable bonds is 5. The van der Waals surface area contributed by atoms with E-state index in [2.05, 4.69) is 35.1 Å². The Hall–Kier alpha value is -0.590. The third kappa shape index (κ3) is 3.96. The SMILES string of the molecule is CCNC(C)c1cc(Br)ccc1OC1CCS(=O)(=O)C1. The molecule has 1 N–H and O–H groups in total. The molecule has 2 unspecified atom stereocenters. The van der Waals surface area contributed by atoms with Gasteiger partial charge in [0.2, 0.25) is 0 Å². The summed E-state index contributed by atoms with van der Waals surface area (Å²) in [5.41, 5.74) is 1.05. The molecule has 1 heterocycles. The second-order valence-corrected chi connectivity index (χ2v) is 8.25. The summed E-state index contributed by atoms with van der Waals surface area (Å²) in [5.74, 6) is 1.12. The summed E-state index contributed by atoms with van der Waals surface area (Å²) in [4.78, 5) is 0. The van der Waals surface area contributed by atoms with E-state index >= 15 is 0 Å². The Labute approximate surface area is 129 Å². The van der Waals surface area contributed by atoms with Crippen LogP contribution in [0, 0.1) is 0 Å². The summed E-state index contributed by atoms with van der Waals surface area (Å²) in [5, 5.41) is 3.35. The number of benzene rings is 1. The molecule has 1 aromatic carbocycles. The average Bonchev–Trinajstić information content (AvgIpc) is 2.71. The fraction of sp³-hybridized carbons (Fsp3) is 0.571. The van der Waals surface area contributed by atoms with Crippen LogP contribution in [-0.2, 0) is 9.84 Å². The summed E-state index contributed by atoms with van der Waals surface area (Å²) < 4.78 is 29.9. The second kappa shape index (κ2) is 6.45. The van der Waals surface area contributed by atoms with Crippen molar-refractivity contribution in [2.75, 3.05) is 18.1 Å². The van der Waals surface area contributed by atoms with Crippen LogP contribution in [0.1, 0.15) is 31.9 Å². The molecular formula is C14H20BrNO3S. The molecule has 1 fully saturated rings. The normalized spacial score (nSPS) is 22.6. The van der Waals surface area contributed by atoms with Gasteiger partial charge >= 0.3 is 0 Å². The van der Waals surface area contributed by atoms with Gasteiger partial charge in [-0.2, -0.15) is 0 Å². The first-order valence-corrected chi connectivity index (χ1v) is 9.42. The Balaban J connectivity index is 2.19. The second-order valence-electron chi connectivity index (χ2n) is 5.10. The molecule has 1 aliphatic heterocycles. The largest absolute Gasteiger partial charge is 0.489 e. The molecule has 20 heavy (non-hydrogen) atoms. The van der Waals surface area contributed by atoms with Crippen molar-refractivity contribution in [1.82, 2.24) is 5.32 Å². The molecule has 0 aromatic heterocycles. The van der Waals surface area contributed by atoms with Crippen molar-refractivity contribution in [3.05, 3.63) is 28.2 Å². The van der Waals surface area contributed by atoms with E-state index in [-0.39, 0.29) is 23.7 Å². The van der Waals surface area contributed by atoms with Crippen LogP contribution in [0.15, 0.2) is 22.7 Å². The minimum atomic E-state index is -2.92. The average molecular weight is 362 g/mol. The van der Waals surface area contributed by atoms with E-state index < -0.39 is 9.84 Å². The van der Waals surface area contributed by atoms with E-state index in [1.807, 2.05) is 18.2 Å². The Bertz CT molecular complexity index is 574. The van der Waals surface area contributed by atoms with Gasteiger partial charge in [-0.05, 0) is 38.1 Å². The maximum absolute atomic E-state index is 11.5. The number of hydrogen-bond donors (Lipinski definition) is 1. The topological polar surface area (TPSA) is 55.4 Å². The molecule has 112 valence electrons. The first kappa shape index (κ1) is 15.8. The van der Waals surface area contributed by atoms with Gasteiger partial charge in [-0.25, -0.2) is 8.42 Å². The maximum Gasteiger partial charge on any atom is 0.154 e. The lowest BCUT2D eigenvalue weighted by atomic mass is 10.1. The highest BCUT2D eigenvalue weighted by Gasteiger charge is 2.30. The number of nitrogens with one attached hydrogen (secondary N) is 1. The molecule has 0 amide bonds. The van der Waals surface area contributed by atoms with Crippen LogP contribution in [0.25, 0.3) is 0 Å². The predicted octanol–water partition coefficient (Wildman–Crippen LogP) is 2.69. The highest BCUT2D eigenvalue weighted by atomic mass is 79.9. The lowest BCUT2D eigenvalue weighted by molar-refractivity contribution is 0.225. The van der Waals surface area contributed by atoms with E-state index in [1.54, 1.807) is 0 Å². The van der Waals surface area contributed by atoms with Gasteiger partial charge in [0.05, 0.1) is 11.5 Å². The highest BCUT2D eigenvalue weighted by molar-refractivity contribution is 9.10. The van der Waals surface area contributed by atoms with Crippen molar-refractivity contribution in [3.63, 3.8) is 0 Å². The van der Waals surface area contributed by atoms with Crippen molar-refractivity contribution in [2.45, 2.75) is 32.4 Å². The predicted molar refractivity (Wildman–Crippen MR) is 83.9 cm³/mol. The molecule has 0 radical (unpaired) electrons. The first-order valence-electron chi connectivity index (χ1n) is 6.81. The smallest absolute Gasteiger partial charge is 0.154 e. The van der Waals surface area contributed by atoms with Crippen molar-refractivity contribution < 1.29 is 13.2 Å². The number of hydrogen-bond acceptors (Lipinski definition) is 4. The van der Waals surface area contributed by atoms with E-state index in [0.717, 1.165) is 22.3 Å². The number of ether oxygens (including phenoxy) is 1. The molecule has 0 spiro atoms. The Morgan fingerprint density at radius 1 is 1.50 bits per heavy atom. The van der Waals surface area contributed by atoms with Crippen LogP contribution in [0.2, 0.25) is 0 Å². The summed E-state index contributed by atoms with van der Waals surface area (Å²) in [6.07, 6.45) is 0.349. The third-order valence-corrected chi connectivity index (χ3v) is 5.66. The minimum absolute atomic E-state index is 0.123. The van der Waals surface area contributed by atoms with Gasteiger partial charge in [0.25, 0.3) is 0 Å². The van der Waals surface area contributed by atoms with Crippen LogP contribution in [-0.4, -0.2) is 32.6 Å². The summed E-state index contributed by atoms with van der Waals surface area (Å²) in [7, 11) is -2.92. The van der Waals surface area contributed by atoms with Crippen molar-refractivity contribution in [1.29, 1.82) is 0 Å². The minimum Gasteiger partial charge on any atom is -0.489 e. The zero-order chi connectivity index (χ0) is 14.8. The molecule has 4 nitrogen and oxygen atoms in total. The molecule has 0 aliphatic carbocycles. The summed E-state index contributed by atoms with van der Waals surface area (Å²) in [6, 6.07) is 6.00. The van der Waals surface area contributed by atoms with Crippen LogP contribution in [0.3, 0.4) is 0 Å². The molecule has 1 aliphatic rings. The van der Waals surface area contributed by atoms with Gasteiger partial charge in [-0.3, -0.25) is 0 Å². The Morgan fingerprint density at radius 2 is 2.25 bits per heavy atom. The van der Waals surface area contributed by atoms with Gasteiger partial charge in [-0.1, -0.05) is 22.9 Å². The van der Waals surface area contributed by atoms with Crippen LogP contribution in [0.5, 0.6) is 5.75 Å². The number of sulfone groups is 1. The summed E-state index contributed by atoms with van der Waals surface area (Å²) >= 11 is 3.47. The molecular weight excluding hydrogens is 342 g/mol. The highest BCUT2D eigenvalue weighted by Crippen LogP contribution is 2.30. The van der Waals surface area contributed by atoms with E-state index in [0.29, 0.717) is 6.42 Å². The lowest BCUT2D eigenvalue weighted by Gasteiger charge is -2.20. The van der Waals surface area contributed by atoms with Crippen molar-refractivity contribution in [3.8, 4) is 5.75 Å². The monoisotopic (exact) mass is 361 g/mol. The van der Waals surface area contributed by atoms with Crippen molar-refractivity contribution in [2.24, 2.45) is 0 Å². The van der Waals surface area contributed by atoms with Gasteiger partial charge in [0, 0.05) is 16.1 Å². The molecule has 2 rings (SSSR count). The molecule has 0 bridgehead atoms. The van der Waals surface area contributed by atoms with Gasteiger partial charge in [0.1, 0.15) is 11.9 Å². The fourth-order valence-corrected chi connectivity index (χ4v) is 4.38. The van der Waals surface area contributed by atoms with Crippen LogP contribution in [0.4, 0.5) is 0 Å². The first-order chi connectivity index (χ1) is 9.41. The van der Waals surface area contributed by atoms with Crippen LogP contribution >= 0.6 is 15.9 Å². The van der Waals surface area contributed by atoms with E-state index in [1.165, 1.54) is 0 Å². The van der Waals surface area contributed by atoms with Crippen molar-refractivity contribution >= 4 is 25.8 Å². The molecule has 6 heteroatoms. The van der Waals surface area contributed by atoms with E-state index in [9.17, 15) is 8.42 Å². The zero-order valence-electron chi connectivity index (χ0n) is 11.7. The van der Waals surface area contributed by atoms with Gasteiger partial charge in [-0.15, -0.1) is 0 Å². The number of halogens is 1. The summed E-state index contributed by atoms with van der Waals surface area (Å²) in [6.45, 7) is 4.99. The molecule has 1 saturated heterocycles. The van der Waals surface area contributed by atoms with E-state index in [4.69, 9.17) is 4.74 Å². The third-order valence-electron chi connectivity index (χ3n) is 3.43. The van der Waals surface area contributed by atoms with Gasteiger partial charge in [0.15, 0.2) is 9.84 Å². The quantitative estimate of drug-likeness (QED) is 0.875. The lowest BCUT2D eigenvalue weighted by Crippen LogP contribution is -2.22. The molecule has 0 saturated carbocycles. The zero-order valence-corrected chi connectivity index (χ0v) is 14.1.